The summed E-state index contributed by atoms with van der Waals surface area (Å²) in [6, 6.07) is 13.1. The van der Waals surface area contributed by atoms with Crippen LogP contribution < -0.4 is 0 Å². The SMILES string of the molecule is Fc1ccc(-c2nc3n(c2-c2ccc4c(c2)CN=C4)CCC3)cc1. The maximum Gasteiger partial charge on any atom is 0.123 e. The molecule has 2 aliphatic heterocycles. The second kappa shape index (κ2) is 5.13. The summed E-state index contributed by atoms with van der Waals surface area (Å²) in [5.74, 6) is 0.905. The van der Waals surface area contributed by atoms with Gasteiger partial charge in [-0.25, -0.2) is 9.37 Å². The number of benzene rings is 2. The van der Waals surface area contributed by atoms with E-state index in [0.29, 0.717) is 0 Å². The van der Waals surface area contributed by atoms with E-state index >= 15 is 0 Å². The van der Waals surface area contributed by atoms with Gasteiger partial charge in [0.05, 0.1) is 17.9 Å². The minimum absolute atomic E-state index is 0.221. The van der Waals surface area contributed by atoms with Crippen LogP contribution in [-0.4, -0.2) is 15.8 Å². The molecule has 0 saturated carbocycles. The second-order valence-electron chi connectivity index (χ2n) is 6.37. The molecule has 3 nitrogen and oxygen atoms in total. The molecule has 0 radical (unpaired) electrons. The van der Waals surface area contributed by atoms with Crippen LogP contribution in [0.5, 0.6) is 0 Å². The Morgan fingerprint density at radius 2 is 1.83 bits per heavy atom. The van der Waals surface area contributed by atoms with Crippen LogP contribution in [0.2, 0.25) is 0 Å². The fourth-order valence-corrected chi connectivity index (χ4v) is 3.69. The largest absolute Gasteiger partial charge is 0.327 e. The molecule has 0 atom stereocenters. The Morgan fingerprint density at radius 1 is 1.00 bits per heavy atom. The number of rotatable bonds is 2. The van der Waals surface area contributed by atoms with Crippen LogP contribution in [0.1, 0.15) is 23.4 Å². The first-order valence-corrected chi connectivity index (χ1v) is 8.28. The molecule has 2 aliphatic rings. The molecular weight excluding hydrogens is 301 g/mol. The van der Waals surface area contributed by atoms with Crippen molar-refractivity contribution in [2.45, 2.75) is 25.9 Å². The third-order valence-corrected chi connectivity index (χ3v) is 4.85. The number of fused-ring (bicyclic) bond motifs is 2. The van der Waals surface area contributed by atoms with E-state index in [-0.39, 0.29) is 5.82 Å². The molecule has 1 aromatic heterocycles. The molecule has 5 rings (SSSR count). The van der Waals surface area contributed by atoms with Gasteiger partial charge in [0.15, 0.2) is 0 Å². The fourth-order valence-electron chi connectivity index (χ4n) is 3.69. The van der Waals surface area contributed by atoms with Gasteiger partial charge in [-0.1, -0.05) is 12.1 Å². The van der Waals surface area contributed by atoms with Gasteiger partial charge in [-0.3, -0.25) is 4.99 Å². The number of halogens is 1. The smallest absolute Gasteiger partial charge is 0.123 e. The monoisotopic (exact) mass is 317 g/mol. The molecule has 2 aromatic carbocycles. The van der Waals surface area contributed by atoms with E-state index in [1.54, 1.807) is 0 Å². The predicted octanol–water partition coefficient (Wildman–Crippen LogP) is 4.23. The molecule has 0 amide bonds. The predicted molar refractivity (Wildman–Crippen MR) is 92.7 cm³/mol. The normalized spacial score (nSPS) is 14.9. The minimum Gasteiger partial charge on any atom is -0.327 e. The summed E-state index contributed by atoms with van der Waals surface area (Å²) in [5.41, 5.74) is 6.67. The van der Waals surface area contributed by atoms with Crippen LogP contribution in [-0.2, 0) is 19.5 Å². The van der Waals surface area contributed by atoms with Crippen molar-refractivity contribution in [2.75, 3.05) is 0 Å². The van der Waals surface area contributed by atoms with E-state index in [1.807, 2.05) is 18.3 Å². The van der Waals surface area contributed by atoms with Gasteiger partial charge in [0.1, 0.15) is 11.6 Å². The number of aryl methyl sites for hydroxylation is 1. The van der Waals surface area contributed by atoms with Crippen molar-refractivity contribution in [2.24, 2.45) is 4.99 Å². The highest BCUT2D eigenvalue weighted by Gasteiger charge is 2.23. The van der Waals surface area contributed by atoms with E-state index in [9.17, 15) is 4.39 Å². The average molecular weight is 317 g/mol. The summed E-state index contributed by atoms with van der Waals surface area (Å²) in [6.45, 7) is 1.74. The van der Waals surface area contributed by atoms with Crippen LogP contribution in [0.15, 0.2) is 47.5 Å². The van der Waals surface area contributed by atoms with Crippen LogP contribution in [0, 0.1) is 5.82 Å². The van der Waals surface area contributed by atoms with E-state index < -0.39 is 0 Å². The summed E-state index contributed by atoms with van der Waals surface area (Å²) < 4.78 is 15.6. The number of imidazole rings is 1. The van der Waals surface area contributed by atoms with Gasteiger partial charge < -0.3 is 4.57 Å². The molecule has 3 heterocycles. The van der Waals surface area contributed by atoms with Gasteiger partial charge in [0, 0.05) is 30.3 Å². The standard InChI is InChI=1S/C20H16FN3/c21-17-7-5-13(6-8-17)19-20(24-9-1-2-18(24)23-19)14-3-4-15-11-22-12-16(15)10-14/h3-8,10-11H,1-2,9,12H2. The quantitative estimate of drug-likeness (QED) is 0.695. The highest BCUT2D eigenvalue weighted by Crippen LogP contribution is 2.36. The summed E-state index contributed by atoms with van der Waals surface area (Å²) in [4.78, 5) is 9.22. The minimum atomic E-state index is -0.221. The molecule has 0 spiro atoms. The molecular formula is C20H16FN3. The van der Waals surface area contributed by atoms with Crippen LogP contribution in [0.25, 0.3) is 22.5 Å². The Bertz CT molecular complexity index is 967. The van der Waals surface area contributed by atoms with E-state index in [0.717, 1.165) is 48.7 Å². The maximum atomic E-state index is 13.3. The Kier molecular flexibility index (Phi) is 2.92. The maximum absolute atomic E-state index is 13.3. The number of aromatic nitrogens is 2. The molecule has 0 saturated heterocycles. The molecule has 118 valence electrons. The number of aliphatic imine (C=N–C) groups is 1. The molecule has 24 heavy (non-hydrogen) atoms. The molecule has 0 aliphatic carbocycles. The zero-order chi connectivity index (χ0) is 16.1. The van der Waals surface area contributed by atoms with Crippen molar-refractivity contribution in [3.8, 4) is 22.5 Å². The van der Waals surface area contributed by atoms with Crippen LogP contribution >= 0.6 is 0 Å². The van der Waals surface area contributed by atoms with E-state index in [4.69, 9.17) is 4.98 Å². The van der Waals surface area contributed by atoms with Crippen molar-refractivity contribution in [1.82, 2.24) is 9.55 Å². The lowest BCUT2D eigenvalue weighted by atomic mass is 10.0. The Hall–Kier alpha value is -2.75. The third kappa shape index (κ3) is 2.03. The molecule has 0 unspecified atom stereocenters. The van der Waals surface area contributed by atoms with Gasteiger partial charge in [0.2, 0.25) is 0 Å². The van der Waals surface area contributed by atoms with Crippen LogP contribution in [0.3, 0.4) is 0 Å². The first kappa shape index (κ1) is 13.7. The first-order chi connectivity index (χ1) is 11.8. The lowest BCUT2D eigenvalue weighted by Crippen LogP contribution is -1.97. The third-order valence-electron chi connectivity index (χ3n) is 4.85. The second-order valence-corrected chi connectivity index (χ2v) is 6.37. The van der Waals surface area contributed by atoms with Crippen molar-refractivity contribution >= 4 is 6.21 Å². The number of hydrogen-bond donors (Lipinski definition) is 0. The average Bonchev–Trinajstić information content (AvgIpc) is 3.29. The highest BCUT2D eigenvalue weighted by atomic mass is 19.1. The summed E-state index contributed by atoms with van der Waals surface area (Å²) in [5, 5.41) is 0. The number of nitrogens with zero attached hydrogens (tertiary/aromatic N) is 3. The van der Waals surface area contributed by atoms with Crippen molar-refractivity contribution < 1.29 is 4.39 Å². The van der Waals surface area contributed by atoms with Crippen molar-refractivity contribution in [3.63, 3.8) is 0 Å². The lowest BCUT2D eigenvalue weighted by Gasteiger charge is -2.10. The summed E-state index contributed by atoms with van der Waals surface area (Å²) in [6.07, 6.45) is 4.07. The van der Waals surface area contributed by atoms with Gasteiger partial charge in [0.25, 0.3) is 0 Å². The first-order valence-electron chi connectivity index (χ1n) is 8.28. The Labute approximate surface area is 139 Å². The zero-order valence-electron chi connectivity index (χ0n) is 13.2. The van der Waals surface area contributed by atoms with Gasteiger partial charge in [-0.2, -0.15) is 0 Å². The summed E-state index contributed by atoms with van der Waals surface area (Å²) in [7, 11) is 0. The van der Waals surface area contributed by atoms with E-state index in [2.05, 4.69) is 27.8 Å². The Morgan fingerprint density at radius 3 is 2.71 bits per heavy atom. The van der Waals surface area contributed by atoms with Crippen molar-refractivity contribution in [1.29, 1.82) is 0 Å². The number of hydrogen-bond acceptors (Lipinski definition) is 2. The summed E-state index contributed by atoms with van der Waals surface area (Å²) >= 11 is 0. The topological polar surface area (TPSA) is 30.2 Å². The molecule has 4 heteroatoms. The molecule has 0 fully saturated rings. The molecule has 0 N–H and O–H groups in total. The lowest BCUT2D eigenvalue weighted by molar-refractivity contribution is 0.628. The Balaban J connectivity index is 1.71. The van der Waals surface area contributed by atoms with Gasteiger partial charge in [-0.15, -0.1) is 0 Å². The van der Waals surface area contributed by atoms with Crippen molar-refractivity contribution in [3.05, 3.63) is 65.2 Å². The van der Waals surface area contributed by atoms with Gasteiger partial charge >= 0.3 is 0 Å². The molecule has 0 bridgehead atoms. The van der Waals surface area contributed by atoms with Gasteiger partial charge in [-0.05, 0) is 47.9 Å². The highest BCUT2D eigenvalue weighted by molar-refractivity contribution is 5.87. The van der Waals surface area contributed by atoms with Crippen LogP contribution in [0.4, 0.5) is 4.39 Å². The molecule has 3 aromatic rings. The fraction of sp³-hybridized carbons (Fsp3) is 0.200. The van der Waals surface area contributed by atoms with E-state index in [1.165, 1.54) is 28.8 Å². The zero-order valence-corrected chi connectivity index (χ0v) is 13.2.